The van der Waals surface area contributed by atoms with Gasteiger partial charge in [0.05, 0.1) is 18.1 Å². The smallest absolute Gasteiger partial charge is 0.318 e. The molecule has 0 bridgehead atoms. The Balaban J connectivity index is 1.60. The number of aryl methyl sites for hydroxylation is 2. The zero-order valence-corrected chi connectivity index (χ0v) is 14.9. The van der Waals surface area contributed by atoms with E-state index in [2.05, 4.69) is 45.0 Å². The second-order valence-electron chi connectivity index (χ2n) is 6.78. The lowest BCUT2D eigenvalue weighted by Crippen LogP contribution is -2.35. The van der Waals surface area contributed by atoms with E-state index in [1.807, 2.05) is 13.0 Å². The Morgan fingerprint density at radius 2 is 2.04 bits per heavy atom. The number of benzene rings is 1. The van der Waals surface area contributed by atoms with Crippen molar-refractivity contribution in [1.29, 1.82) is 0 Å². The number of nitrogens with zero attached hydrogens (tertiary/aromatic N) is 4. The Labute approximate surface area is 147 Å². The van der Waals surface area contributed by atoms with Crippen LogP contribution in [0.3, 0.4) is 0 Å². The molecule has 130 valence electrons. The van der Waals surface area contributed by atoms with Gasteiger partial charge in [-0.3, -0.25) is 0 Å². The van der Waals surface area contributed by atoms with E-state index in [9.17, 15) is 0 Å². The number of anilines is 1. The number of imidazole rings is 1. The number of H-pyrrole nitrogens is 1. The molecular weight excluding hydrogens is 314 g/mol. The molecule has 1 N–H and O–H groups in total. The maximum atomic E-state index is 5.22. The van der Waals surface area contributed by atoms with E-state index in [0.29, 0.717) is 11.9 Å². The number of aromatic nitrogens is 4. The summed E-state index contributed by atoms with van der Waals surface area (Å²) < 4.78 is 5.22. The number of piperidine rings is 1. The van der Waals surface area contributed by atoms with Gasteiger partial charge in [0, 0.05) is 30.8 Å². The Morgan fingerprint density at radius 3 is 2.88 bits per heavy atom. The van der Waals surface area contributed by atoms with Crippen molar-refractivity contribution >= 4 is 16.9 Å². The molecule has 3 heterocycles. The maximum absolute atomic E-state index is 5.22. The summed E-state index contributed by atoms with van der Waals surface area (Å²) in [7, 11) is 1.61. The molecular formula is C19H23N5O. The first-order valence-corrected chi connectivity index (χ1v) is 8.73. The molecule has 4 rings (SSSR count). The highest BCUT2D eigenvalue weighted by Crippen LogP contribution is 2.30. The fourth-order valence-corrected chi connectivity index (χ4v) is 3.52. The van der Waals surface area contributed by atoms with Crippen LogP contribution in [0.2, 0.25) is 0 Å². The van der Waals surface area contributed by atoms with Crippen molar-refractivity contribution < 1.29 is 4.74 Å². The van der Waals surface area contributed by atoms with E-state index in [1.54, 1.807) is 7.11 Å². The summed E-state index contributed by atoms with van der Waals surface area (Å²) in [6.45, 7) is 5.97. The van der Waals surface area contributed by atoms with Crippen LogP contribution in [0.15, 0.2) is 24.3 Å². The summed E-state index contributed by atoms with van der Waals surface area (Å²) in [4.78, 5) is 19.4. The van der Waals surface area contributed by atoms with E-state index in [4.69, 9.17) is 9.72 Å². The maximum Gasteiger partial charge on any atom is 0.318 e. The van der Waals surface area contributed by atoms with Crippen LogP contribution in [-0.4, -0.2) is 40.1 Å². The van der Waals surface area contributed by atoms with Gasteiger partial charge >= 0.3 is 6.01 Å². The minimum atomic E-state index is 0.378. The second-order valence-corrected chi connectivity index (χ2v) is 6.78. The van der Waals surface area contributed by atoms with Crippen molar-refractivity contribution in [3.05, 3.63) is 41.3 Å². The van der Waals surface area contributed by atoms with Crippen LogP contribution < -0.4 is 9.64 Å². The monoisotopic (exact) mass is 337 g/mol. The highest BCUT2D eigenvalue weighted by atomic mass is 16.5. The highest BCUT2D eigenvalue weighted by Gasteiger charge is 2.25. The van der Waals surface area contributed by atoms with Gasteiger partial charge in [-0.05, 0) is 44.4 Å². The molecule has 1 atom stereocenters. The molecule has 2 aromatic heterocycles. The molecule has 0 aliphatic carbocycles. The number of nitrogens with one attached hydrogen (secondary N) is 1. The van der Waals surface area contributed by atoms with Gasteiger partial charge in [0.25, 0.3) is 0 Å². The van der Waals surface area contributed by atoms with Crippen molar-refractivity contribution in [2.45, 2.75) is 32.6 Å². The van der Waals surface area contributed by atoms with Crippen molar-refractivity contribution in [3.63, 3.8) is 0 Å². The third kappa shape index (κ3) is 3.16. The van der Waals surface area contributed by atoms with E-state index in [0.717, 1.165) is 54.3 Å². The average Bonchev–Trinajstić information content (AvgIpc) is 3.04. The summed E-state index contributed by atoms with van der Waals surface area (Å²) >= 11 is 0. The topological polar surface area (TPSA) is 66.9 Å². The van der Waals surface area contributed by atoms with Crippen LogP contribution >= 0.6 is 0 Å². The van der Waals surface area contributed by atoms with Gasteiger partial charge in [0.2, 0.25) is 0 Å². The predicted molar refractivity (Wildman–Crippen MR) is 98.3 cm³/mol. The molecule has 0 saturated carbocycles. The molecule has 1 unspecified atom stereocenters. The number of ether oxygens (including phenoxy) is 1. The van der Waals surface area contributed by atoms with Gasteiger partial charge in [-0.1, -0.05) is 6.07 Å². The minimum Gasteiger partial charge on any atom is -0.467 e. The SMILES string of the molecule is COc1nc(C)cc(N2CCCC(c3nc4ccc(C)cc4[nH]3)C2)n1. The number of aromatic amines is 1. The zero-order chi connectivity index (χ0) is 17.4. The van der Waals surface area contributed by atoms with Gasteiger partial charge in [0.1, 0.15) is 11.6 Å². The Morgan fingerprint density at radius 1 is 1.16 bits per heavy atom. The van der Waals surface area contributed by atoms with E-state index >= 15 is 0 Å². The number of hydrogen-bond donors (Lipinski definition) is 1. The summed E-state index contributed by atoms with van der Waals surface area (Å²) in [5.74, 6) is 2.38. The standard InChI is InChI=1S/C19H23N5O/c1-12-6-7-15-16(9-12)22-18(21-15)14-5-4-8-24(11-14)17-10-13(2)20-19(23-17)25-3/h6-7,9-10,14H,4-5,8,11H2,1-3H3,(H,21,22). The summed E-state index contributed by atoms with van der Waals surface area (Å²) in [6.07, 6.45) is 2.25. The first-order chi connectivity index (χ1) is 12.1. The predicted octanol–water partition coefficient (Wildman–Crippen LogP) is 3.36. The van der Waals surface area contributed by atoms with Crippen molar-refractivity contribution in [2.75, 3.05) is 25.1 Å². The molecule has 6 nitrogen and oxygen atoms in total. The molecule has 3 aromatic rings. The summed E-state index contributed by atoms with van der Waals surface area (Å²) in [5, 5.41) is 0. The third-order valence-corrected chi connectivity index (χ3v) is 4.79. The van der Waals surface area contributed by atoms with Crippen molar-refractivity contribution in [1.82, 2.24) is 19.9 Å². The van der Waals surface area contributed by atoms with Crippen LogP contribution in [0.1, 0.15) is 35.8 Å². The van der Waals surface area contributed by atoms with Gasteiger partial charge in [-0.2, -0.15) is 4.98 Å². The fourth-order valence-electron chi connectivity index (χ4n) is 3.52. The van der Waals surface area contributed by atoms with Crippen LogP contribution in [0, 0.1) is 13.8 Å². The molecule has 1 aliphatic heterocycles. The Bertz CT molecular complexity index is 904. The lowest BCUT2D eigenvalue weighted by molar-refractivity contribution is 0.377. The molecule has 0 amide bonds. The molecule has 1 aliphatic rings. The largest absolute Gasteiger partial charge is 0.467 e. The van der Waals surface area contributed by atoms with Crippen LogP contribution in [0.4, 0.5) is 5.82 Å². The molecule has 6 heteroatoms. The molecule has 0 radical (unpaired) electrons. The number of fused-ring (bicyclic) bond motifs is 1. The average molecular weight is 337 g/mol. The first kappa shape index (κ1) is 15.9. The number of hydrogen-bond acceptors (Lipinski definition) is 5. The summed E-state index contributed by atoms with van der Waals surface area (Å²) in [5.41, 5.74) is 4.32. The molecule has 1 fully saturated rings. The number of rotatable bonds is 3. The second kappa shape index (κ2) is 6.35. The van der Waals surface area contributed by atoms with Gasteiger partial charge < -0.3 is 14.6 Å². The van der Waals surface area contributed by atoms with Crippen LogP contribution in [-0.2, 0) is 0 Å². The Hall–Kier alpha value is -2.63. The van der Waals surface area contributed by atoms with E-state index in [-0.39, 0.29) is 0 Å². The van der Waals surface area contributed by atoms with Gasteiger partial charge in [0.15, 0.2) is 0 Å². The van der Waals surface area contributed by atoms with Crippen LogP contribution in [0.25, 0.3) is 11.0 Å². The third-order valence-electron chi connectivity index (χ3n) is 4.79. The minimum absolute atomic E-state index is 0.378. The van der Waals surface area contributed by atoms with Crippen LogP contribution in [0.5, 0.6) is 6.01 Å². The molecule has 0 spiro atoms. The highest BCUT2D eigenvalue weighted by molar-refractivity contribution is 5.76. The molecule has 25 heavy (non-hydrogen) atoms. The molecule has 1 saturated heterocycles. The quantitative estimate of drug-likeness (QED) is 0.794. The molecule has 1 aromatic carbocycles. The Kier molecular flexibility index (Phi) is 4.03. The normalized spacial score (nSPS) is 17.9. The van der Waals surface area contributed by atoms with Crippen molar-refractivity contribution in [3.8, 4) is 6.01 Å². The first-order valence-electron chi connectivity index (χ1n) is 8.73. The zero-order valence-electron chi connectivity index (χ0n) is 14.9. The lowest BCUT2D eigenvalue weighted by Gasteiger charge is -2.32. The fraction of sp³-hybridized carbons (Fsp3) is 0.421. The lowest BCUT2D eigenvalue weighted by atomic mass is 9.97. The van der Waals surface area contributed by atoms with Crippen molar-refractivity contribution in [2.24, 2.45) is 0 Å². The van der Waals surface area contributed by atoms with E-state index in [1.165, 1.54) is 5.56 Å². The van der Waals surface area contributed by atoms with E-state index < -0.39 is 0 Å². The number of methoxy groups -OCH3 is 1. The summed E-state index contributed by atoms with van der Waals surface area (Å²) in [6, 6.07) is 8.80. The van der Waals surface area contributed by atoms with Gasteiger partial charge in [-0.15, -0.1) is 0 Å². The van der Waals surface area contributed by atoms with Gasteiger partial charge in [-0.25, -0.2) is 9.97 Å².